The molecule has 0 radical (unpaired) electrons. The van der Waals surface area contributed by atoms with Crippen LogP contribution in [0.3, 0.4) is 0 Å². The van der Waals surface area contributed by atoms with E-state index in [1.54, 1.807) is 48.5 Å². The van der Waals surface area contributed by atoms with Gasteiger partial charge in [-0.25, -0.2) is 8.42 Å². The van der Waals surface area contributed by atoms with Crippen molar-refractivity contribution in [2.75, 3.05) is 39.5 Å². The third-order valence-electron chi connectivity index (χ3n) is 7.07. The maximum Gasteiger partial charge on any atom is 0.339 e. The van der Waals surface area contributed by atoms with Crippen molar-refractivity contribution in [2.45, 2.75) is 61.5 Å². The highest BCUT2D eigenvalue weighted by atomic mass is 32.2. The molecule has 1 aliphatic heterocycles. The highest BCUT2D eigenvalue weighted by Gasteiger charge is 2.36. The molecule has 3 aromatic rings. The zero-order valence-electron chi connectivity index (χ0n) is 25.6. The van der Waals surface area contributed by atoms with Gasteiger partial charge in [-0.1, -0.05) is 26.7 Å². The van der Waals surface area contributed by atoms with Crippen molar-refractivity contribution in [3.05, 3.63) is 72.8 Å². The molecule has 0 saturated carbocycles. The van der Waals surface area contributed by atoms with Gasteiger partial charge in [0.1, 0.15) is 40.6 Å². The van der Waals surface area contributed by atoms with Gasteiger partial charge in [-0.2, -0.15) is 12.7 Å². The Labute approximate surface area is 266 Å². The van der Waals surface area contributed by atoms with E-state index in [0.29, 0.717) is 43.6 Å². The zero-order valence-corrected chi connectivity index (χ0v) is 27.3. The van der Waals surface area contributed by atoms with Crippen LogP contribution in [-0.2, 0) is 20.1 Å². The van der Waals surface area contributed by atoms with Crippen molar-refractivity contribution in [1.29, 1.82) is 0 Å². The predicted molar refractivity (Wildman–Crippen MR) is 170 cm³/mol. The van der Waals surface area contributed by atoms with Crippen molar-refractivity contribution >= 4 is 20.1 Å². The third-order valence-corrected chi connectivity index (χ3v) is 10.2. The van der Waals surface area contributed by atoms with Gasteiger partial charge < -0.3 is 28.8 Å². The summed E-state index contributed by atoms with van der Waals surface area (Å²) >= 11 is 0. The van der Waals surface area contributed by atoms with Crippen molar-refractivity contribution in [1.82, 2.24) is 9.62 Å². The molecule has 0 spiro atoms. The summed E-state index contributed by atoms with van der Waals surface area (Å²) in [5.41, 5.74) is 0. The number of nitrogens with one attached hydrogen (secondary N) is 1. The van der Waals surface area contributed by atoms with Gasteiger partial charge in [0.2, 0.25) is 10.0 Å². The number of unbranched alkanes of at least 4 members (excludes halogenated alkanes) is 2. The van der Waals surface area contributed by atoms with E-state index in [4.69, 9.17) is 18.4 Å². The molecule has 13 heteroatoms. The second-order valence-electron chi connectivity index (χ2n) is 10.7. The predicted octanol–water partition coefficient (Wildman–Crippen LogP) is 4.21. The smallest absolute Gasteiger partial charge is 0.339 e. The van der Waals surface area contributed by atoms with Crippen molar-refractivity contribution < 1.29 is 40.3 Å². The van der Waals surface area contributed by atoms with E-state index in [2.05, 4.69) is 19.2 Å². The summed E-state index contributed by atoms with van der Waals surface area (Å²) in [6.45, 7) is 6.09. The molecule has 0 bridgehead atoms. The first kappa shape index (κ1) is 34.5. The van der Waals surface area contributed by atoms with Crippen LogP contribution < -0.4 is 23.7 Å². The van der Waals surface area contributed by atoms with Crippen LogP contribution in [0.5, 0.6) is 23.0 Å². The number of hydrogen-bond donors (Lipinski definition) is 2. The SMILES string of the molecule is CCCCOc1ccc(S(=O)(=O)Oc2ccc(OC[C@@H](O)CNC3CN(S(=O)(=O)c4ccc(OCCCC)cc4)C3)cc2)cc1. The Balaban J connectivity index is 1.16. The van der Waals surface area contributed by atoms with Crippen LogP contribution in [0.4, 0.5) is 0 Å². The molecule has 246 valence electrons. The Morgan fingerprint density at radius 2 is 1.20 bits per heavy atom. The minimum absolute atomic E-state index is 0.00963. The molecule has 11 nitrogen and oxygen atoms in total. The number of ether oxygens (including phenoxy) is 3. The zero-order chi connectivity index (χ0) is 32.3. The summed E-state index contributed by atoms with van der Waals surface area (Å²) in [6.07, 6.45) is 3.03. The third kappa shape index (κ3) is 10.1. The second-order valence-corrected chi connectivity index (χ2v) is 14.2. The normalized spacial score (nSPS) is 14.8. The van der Waals surface area contributed by atoms with Gasteiger partial charge in [0.25, 0.3) is 0 Å². The lowest BCUT2D eigenvalue weighted by molar-refractivity contribution is 0.0957. The molecule has 45 heavy (non-hydrogen) atoms. The number of sulfonamides is 1. The highest BCUT2D eigenvalue weighted by molar-refractivity contribution is 7.89. The molecule has 1 saturated heterocycles. The van der Waals surface area contributed by atoms with Crippen LogP contribution in [0.25, 0.3) is 0 Å². The average molecular weight is 663 g/mol. The van der Waals surface area contributed by atoms with Gasteiger partial charge in [0, 0.05) is 25.7 Å². The summed E-state index contributed by atoms with van der Waals surface area (Å²) in [6, 6.07) is 18.5. The Morgan fingerprint density at radius 3 is 1.73 bits per heavy atom. The van der Waals surface area contributed by atoms with E-state index < -0.39 is 26.2 Å². The standard InChI is InChI=1S/C32H42N2O9S2/c1-3-5-19-40-27-11-15-31(16-12-27)44(36,37)34-22-25(23-34)33-21-26(35)24-42-29-7-9-30(10-8-29)43-45(38,39)32-17-13-28(14-18-32)41-20-6-4-2/h7-18,25-26,33,35H,3-6,19-24H2,1-2H3/t26-/m0/s1. The monoisotopic (exact) mass is 662 g/mol. The molecule has 4 rings (SSSR count). The number of aliphatic hydroxyl groups is 1. The van der Waals surface area contributed by atoms with Gasteiger partial charge in [-0.3, -0.25) is 0 Å². The van der Waals surface area contributed by atoms with Crippen LogP contribution in [0, 0.1) is 0 Å². The molecule has 2 N–H and O–H groups in total. The molecule has 0 aromatic heterocycles. The molecular formula is C32H42N2O9S2. The Kier molecular flexibility index (Phi) is 12.5. The van der Waals surface area contributed by atoms with E-state index in [-0.39, 0.29) is 34.7 Å². The van der Waals surface area contributed by atoms with E-state index >= 15 is 0 Å². The number of aliphatic hydroxyl groups excluding tert-OH is 1. The van der Waals surface area contributed by atoms with Crippen molar-refractivity contribution in [2.24, 2.45) is 0 Å². The van der Waals surface area contributed by atoms with Crippen LogP contribution in [0.15, 0.2) is 82.6 Å². The fourth-order valence-corrected chi connectivity index (χ4v) is 6.77. The summed E-state index contributed by atoms with van der Waals surface area (Å²) < 4.78 is 74.5. The number of nitrogens with zero attached hydrogens (tertiary/aromatic N) is 1. The van der Waals surface area contributed by atoms with E-state index in [1.165, 1.54) is 28.6 Å². The Bertz CT molecular complexity index is 1540. The Morgan fingerprint density at radius 1 is 0.733 bits per heavy atom. The van der Waals surface area contributed by atoms with Crippen molar-refractivity contribution in [3.8, 4) is 23.0 Å². The van der Waals surface area contributed by atoms with Crippen LogP contribution in [-0.4, -0.2) is 77.8 Å². The topological polar surface area (TPSA) is 141 Å². The lowest BCUT2D eigenvalue weighted by Crippen LogP contribution is -2.60. The largest absolute Gasteiger partial charge is 0.494 e. The average Bonchev–Trinajstić information content (AvgIpc) is 3.00. The van der Waals surface area contributed by atoms with Crippen molar-refractivity contribution in [3.63, 3.8) is 0 Å². The Hall–Kier alpha value is -3.36. The van der Waals surface area contributed by atoms with E-state index in [9.17, 15) is 21.9 Å². The summed E-state index contributed by atoms with van der Waals surface area (Å²) in [5, 5.41) is 13.5. The first-order valence-corrected chi connectivity index (χ1v) is 18.0. The molecule has 1 fully saturated rings. The summed E-state index contributed by atoms with van der Waals surface area (Å²) in [4.78, 5) is 0.226. The number of benzene rings is 3. The molecule has 1 aliphatic rings. The molecule has 0 unspecified atom stereocenters. The summed E-state index contributed by atoms with van der Waals surface area (Å²) in [5.74, 6) is 1.78. The van der Waals surface area contributed by atoms with Crippen LogP contribution >= 0.6 is 0 Å². The van der Waals surface area contributed by atoms with Gasteiger partial charge in [-0.15, -0.1) is 0 Å². The molecular weight excluding hydrogens is 620 g/mol. The highest BCUT2D eigenvalue weighted by Crippen LogP contribution is 2.25. The molecule has 3 aromatic carbocycles. The minimum Gasteiger partial charge on any atom is -0.494 e. The first-order valence-electron chi connectivity index (χ1n) is 15.2. The fraction of sp³-hybridized carbons (Fsp3) is 0.438. The van der Waals surface area contributed by atoms with E-state index in [0.717, 1.165) is 25.7 Å². The molecule has 1 heterocycles. The lowest BCUT2D eigenvalue weighted by Gasteiger charge is -2.38. The quantitative estimate of drug-likeness (QED) is 0.142. The van der Waals surface area contributed by atoms with E-state index in [1.807, 2.05) is 0 Å². The lowest BCUT2D eigenvalue weighted by atomic mass is 10.2. The van der Waals surface area contributed by atoms with Gasteiger partial charge >= 0.3 is 10.1 Å². The number of hydrogen-bond acceptors (Lipinski definition) is 10. The summed E-state index contributed by atoms with van der Waals surface area (Å²) in [7, 11) is -7.63. The number of rotatable bonds is 19. The first-order chi connectivity index (χ1) is 21.6. The van der Waals surface area contributed by atoms with Crippen LogP contribution in [0.1, 0.15) is 39.5 Å². The maximum atomic E-state index is 12.9. The maximum absolute atomic E-state index is 12.9. The molecule has 0 aliphatic carbocycles. The fourth-order valence-electron chi connectivity index (χ4n) is 4.31. The molecule has 0 amide bonds. The van der Waals surface area contributed by atoms with Gasteiger partial charge in [-0.05, 0) is 85.6 Å². The molecule has 1 atom stereocenters. The van der Waals surface area contributed by atoms with Crippen LogP contribution in [0.2, 0.25) is 0 Å². The van der Waals surface area contributed by atoms with Gasteiger partial charge in [0.05, 0.1) is 18.1 Å². The second kappa shape index (κ2) is 16.3. The minimum atomic E-state index is -4.03. The van der Waals surface area contributed by atoms with Gasteiger partial charge in [0.15, 0.2) is 0 Å².